The number of rotatable bonds is 10. The van der Waals surface area contributed by atoms with E-state index in [0.717, 1.165) is 30.2 Å². The van der Waals surface area contributed by atoms with Crippen molar-refractivity contribution in [2.45, 2.75) is 104 Å². The smallest absolute Gasteiger partial charge is 0.259 e. The Morgan fingerprint density at radius 1 is 1.05 bits per heavy atom. The van der Waals surface area contributed by atoms with Crippen molar-refractivity contribution in [2.24, 2.45) is 5.92 Å². The fourth-order valence-electron chi connectivity index (χ4n) is 4.87. The topological polar surface area (TPSA) is 103 Å². The van der Waals surface area contributed by atoms with Gasteiger partial charge in [0.15, 0.2) is 14.1 Å². The third-order valence-corrected chi connectivity index (χ3v) is 12.9. The molecule has 1 N–H and O–H groups in total. The minimum absolute atomic E-state index is 0.00304. The number of carbonyl (C=O) groups is 2. The van der Waals surface area contributed by atoms with Crippen molar-refractivity contribution < 1.29 is 14.0 Å². The highest BCUT2D eigenvalue weighted by molar-refractivity contribution is 6.74. The van der Waals surface area contributed by atoms with E-state index < -0.39 is 13.9 Å². The molecule has 0 radical (unpaired) electrons. The normalized spacial score (nSPS) is 14.4. The molecule has 3 aromatic rings. The highest BCUT2D eigenvalue weighted by Crippen LogP contribution is 2.39. The van der Waals surface area contributed by atoms with Crippen LogP contribution >= 0.6 is 0 Å². The van der Waals surface area contributed by atoms with Gasteiger partial charge in [-0.1, -0.05) is 27.7 Å². The first kappa shape index (κ1) is 30.8. The lowest BCUT2D eigenvalue weighted by Crippen LogP contribution is -2.49. The van der Waals surface area contributed by atoms with Gasteiger partial charge in [0.05, 0.1) is 17.7 Å². The molecule has 0 aromatic carbocycles. The summed E-state index contributed by atoms with van der Waals surface area (Å²) in [6.07, 6.45) is 6.29. The van der Waals surface area contributed by atoms with Gasteiger partial charge in [0.25, 0.3) is 5.56 Å². The molecule has 1 aliphatic carbocycles. The lowest BCUT2D eigenvalue weighted by molar-refractivity contribution is -0.117. The summed E-state index contributed by atoms with van der Waals surface area (Å²) in [6.45, 7) is 19.2. The van der Waals surface area contributed by atoms with Gasteiger partial charge in [-0.05, 0) is 75.9 Å². The first-order valence-corrected chi connectivity index (χ1v) is 17.5. The summed E-state index contributed by atoms with van der Waals surface area (Å²) in [5.41, 5.74) is 2.21. The molecule has 1 saturated carbocycles. The Labute approximate surface area is 244 Å². The zero-order valence-electron chi connectivity index (χ0n) is 26.0. The van der Waals surface area contributed by atoms with Crippen molar-refractivity contribution in [3.8, 4) is 11.1 Å². The summed E-state index contributed by atoms with van der Waals surface area (Å²) in [5, 5.41) is 3.68. The Bertz CT molecular complexity index is 1550. The van der Waals surface area contributed by atoms with E-state index in [9.17, 15) is 14.4 Å². The second-order valence-corrected chi connectivity index (χ2v) is 18.2. The summed E-state index contributed by atoms with van der Waals surface area (Å²) in [4.78, 5) is 48.1. The molecule has 0 unspecified atom stereocenters. The van der Waals surface area contributed by atoms with E-state index in [1.807, 2.05) is 33.8 Å². The number of anilines is 1. The molecule has 220 valence electrons. The second kappa shape index (κ2) is 11.2. The van der Waals surface area contributed by atoms with Crippen molar-refractivity contribution in [3.05, 3.63) is 52.2 Å². The van der Waals surface area contributed by atoms with Crippen molar-refractivity contribution in [2.75, 3.05) is 5.32 Å². The minimum atomic E-state index is -2.15. The molecule has 1 aliphatic rings. The van der Waals surface area contributed by atoms with Crippen LogP contribution in [0, 0.1) is 12.8 Å². The molecular formula is C32H44N4O4Si. The quantitative estimate of drug-likeness (QED) is 0.208. The van der Waals surface area contributed by atoms with Crippen LogP contribution in [0.15, 0.2) is 35.4 Å². The van der Waals surface area contributed by atoms with Crippen molar-refractivity contribution in [1.29, 1.82) is 0 Å². The number of pyridine rings is 3. The summed E-state index contributed by atoms with van der Waals surface area (Å²) in [7, 11) is -2.15. The van der Waals surface area contributed by atoms with Crippen LogP contribution in [0.4, 0.5) is 5.82 Å². The molecule has 0 atom stereocenters. The monoisotopic (exact) mass is 576 g/mol. The highest BCUT2D eigenvalue weighted by atomic mass is 28.4. The zero-order valence-corrected chi connectivity index (χ0v) is 27.0. The summed E-state index contributed by atoms with van der Waals surface area (Å²) in [5.74, 6) is 0.419. The first-order valence-electron chi connectivity index (χ1n) is 14.6. The maximum absolute atomic E-state index is 14.3. The number of fused-ring (bicyclic) bond motifs is 1. The number of hydrogen-bond donors (Lipinski definition) is 1. The lowest BCUT2D eigenvalue weighted by atomic mass is 10.00. The summed E-state index contributed by atoms with van der Waals surface area (Å²) >= 11 is 0. The number of ketones is 1. The van der Waals surface area contributed by atoms with Crippen molar-refractivity contribution in [1.82, 2.24) is 14.5 Å². The van der Waals surface area contributed by atoms with Gasteiger partial charge in [-0.15, -0.1) is 0 Å². The van der Waals surface area contributed by atoms with Gasteiger partial charge in [-0.3, -0.25) is 19.4 Å². The number of nitrogens with one attached hydrogen (secondary N) is 1. The molecule has 3 aromatic heterocycles. The second-order valence-electron chi connectivity index (χ2n) is 13.5. The van der Waals surface area contributed by atoms with Gasteiger partial charge in [-0.25, -0.2) is 4.98 Å². The number of carbonyl (C=O) groups excluding carboxylic acids is 2. The van der Waals surface area contributed by atoms with Gasteiger partial charge in [-0.2, -0.15) is 0 Å². The van der Waals surface area contributed by atoms with Crippen LogP contribution in [0.3, 0.4) is 0 Å². The Balaban J connectivity index is 1.84. The summed E-state index contributed by atoms with van der Waals surface area (Å²) in [6, 6.07) is 5.37. The zero-order chi connectivity index (χ0) is 30.3. The SMILES string of the molecule is CCCC(=O)c1cc(C)c(-c2cc3cnc(NC(=O)C4CC4)cc3n(CC(C)(C)O[Si](C)(C)C(C)(C)C)c2=O)cn1. The molecular weight excluding hydrogens is 532 g/mol. The average Bonchev–Trinajstić information content (AvgIpc) is 3.70. The summed E-state index contributed by atoms with van der Waals surface area (Å²) < 4.78 is 8.55. The van der Waals surface area contributed by atoms with Gasteiger partial charge >= 0.3 is 0 Å². The molecule has 0 saturated heterocycles. The molecule has 0 spiro atoms. The average molecular weight is 577 g/mol. The third kappa shape index (κ3) is 6.84. The predicted molar refractivity (Wildman–Crippen MR) is 167 cm³/mol. The van der Waals surface area contributed by atoms with E-state index in [-0.39, 0.29) is 28.2 Å². The van der Waals surface area contributed by atoms with Crippen LogP contribution in [0.5, 0.6) is 0 Å². The molecule has 9 heteroatoms. The van der Waals surface area contributed by atoms with Gasteiger partial charge in [0.2, 0.25) is 5.91 Å². The number of aryl methyl sites for hydroxylation is 1. The lowest BCUT2D eigenvalue weighted by Gasteiger charge is -2.43. The molecule has 3 heterocycles. The van der Waals surface area contributed by atoms with E-state index >= 15 is 0 Å². The van der Waals surface area contributed by atoms with Crippen LogP contribution in [0.1, 0.15) is 83.3 Å². The fraction of sp³-hybridized carbons (Fsp3) is 0.531. The van der Waals surface area contributed by atoms with E-state index in [1.165, 1.54) is 0 Å². The van der Waals surface area contributed by atoms with Crippen LogP contribution in [-0.2, 0) is 15.8 Å². The highest BCUT2D eigenvalue weighted by Gasteiger charge is 2.41. The Hall–Kier alpha value is -3.17. The molecule has 4 rings (SSSR count). The number of nitrogens with zero attached hydrogens (tertiary/aromatic N) is 3. The van der Waals surface area contributed by atoms with Gasteiger partial charge in [0, 0.05) is 47.3 Å². The molecule has 1 fully saturated rings. The molecule has 1 amide bonds. The van der Waals surface area contributed by atoms with Crippen molar-refractivity contribution in [3.63, 3.8) is 0 Å². The number of hydrogen-bond acceptors (Lipinski definition) is 6. The first-order chi connectivity index (χ1) is 19.0. The predicted octanol–water partition coefficient (Wildman–Crippen LogP) is 6.90. The molecule has 0 bridgehead atoms. The minimum Gasteiger partial charge on any atom is -0.410 e. The fourth-order valence-corrected chi connectivity index (χ4v) is 6.62. The molecule has 0 aliphatic heterocycles. The largest absolute Gasteiger partial charge is 0.410 e. The Morgan fingerprint density at radius 3 is 2.32 bits per heavy atom. The molecule has 8 nitrogen and oxygen atoms in total. The third-order valence-electron chi connectivity index (χ3n) is 8.22. The van der Waals surface area contributed by atoms with Crippen LogP contribution in [0.2, 0.25) is 18.1 Å². The van der Waals surface area contributed by atoms with Gasteiger partial charge < -0.3 is 14.3 Å². The maximum Gasteiger partial charge on any atom is 0.259 e. The van der Waals surface area contributed by atoms with E-state index in [4.69, 9.17) is 4.43 Å². The molecule has 41 heavy (non-hydrogen) atoms. The maximum atomic E-state index is 14.3. The Morgan fingerprint density at radius 2 is 1.73 bits per heavy atom. The number of Topliss-reactive ketones (excluding diaryl/α,β-unsaturated/α-hetero) is 1. The standard InChI is InChI=1S/C32H44N4O4Si/c1-10-11-27(37)25-14-20(2)24(18-33-25)23-15-22-17-34-28(35-29(38)21-12-13-21)16-26(22)36(30(23)39)19-32(6,7)40-41(8,9)31(3,4)5/h14-18,21H,10-13,19H2,1-9H3,(H,34,35,38). The van der Waals surface area contributed by atoms with Crippen LogP contribution in [-0.4, -0.2) is 40.1 Å². The van der Waals surface area contributed by atoms with Crippen molar-refractivity contribution >= 4 is 36.7 Å². The van der Waals surface area contributed by atoms with Crippen LogP contribution < -0.4 is 10.9 Å². The number of amides is 1. The van der Waals surface area contributed by atoms with E-state index in [2.05, 4.69) is 49.1 Å². The Kier molecular flexibility index (Phi) is 8.44. The van der Waals surface area contributed by atoms with E-state index in [1.54, 1.807) is 29.1 Å². The number of aromatic nitrogens is 3. The van der Waals surface area contributed by atoms with Gasteiger partial charge in [0.1, 0.15) is 11.5 Å². The van der Waals surface area contributed by atoms with E-state index in [0.29, 0.717) is 41.1 Å². The van der Waals surface area contributed by atoms with Crippen LogP contribution in [0.25, 0.3) is 22.0 Å².